The number of nitrogens with one attached hydrogen (secondary N) is 1. The van der Waals surface area contributed by atoms with E-state index in [1.54, 1.807) is 16.2 Å². The maximum Gasteiger partial charge on any atom is 0.265 e. The van der Waals surface area contributed by atoms with Crippen LogP contribution >= 0.6 is 11.3 Å². The molecule has 1 aliphatic carbocycles. The predicted molar refractivity (Wildman–Crippen MR) is 126 cm³/mol. The van der Waals surface area contributed by atoms with Crippen molar-refractivity contribution in [3.63, 3.8) is 0 Å². The summed E-state index contributed by atoms with van der Waals surface area (Å²) in [5.41, 5.74) is 4.68. The number of carbonyl (C=O) groups excluding carboxylic acids is 2. The second-order valence-electron chi connectivity index (χ2n) is 8.30. The number of aryl methyl sites for hydroxylation is 2. The Kier molecular flexibility index (Phi) is 5.95. The molecule has 164 valence electrons. The minimum Gasteiger partial charge on any atom is -0.482 e. The Bertz CT molecular complexity index is 1130. The highest BCUT2D eigenvalue weighted by Gasteiger charge is 2.26. The Morgan fingerprint density at radius 2 is 1.91 bits per heavy atom. The van der Waals surface area contributed by atoms with Crippen molar-refractivity contribution in [2.45, 2.75) is 38.1 Å². The fraction of sp³-hybridized carbons (Fsp3) is 0.308. The van der Waals surface area contributed by atoms with Gasteiger partial charge in [0.1, 0.15) is 5.75 Å². The molecule has 0 radical (unpaired) electrons. The zero-order chi connectivity index (χ0) is 21.9. The molecule has 2 heterocycles. The van der Waals surface area contributed by atoms with Gasteiger partial charge in [-0.25, -0.2) is 0 Å². The molecule has 0 fully saturated rings. The normalized spacial score (nSPS) is 16.0. The van der Waals surface area contributed by atoms with E-state index in [1.165, 1.54) is 24.0 Å². The van der Waals surface area contributed by atoms with Crippen LogP contribution in [0.2, 0.25) is 0 Å². The predicted octanol–water partition coefficient (Wildman–Crippen LogP) is 4.65. The lowest BCUT2D eigenvalue weighted by Crippen LogP contribution is -2.41. The average Bonchev–Trinajstić information content (AvgIpc) is 3.36. The van der Waals surface area contributed by atoms with Gasteiger partial charge in [0.25, 0.3) is 5.91 Å². The minimum atomic E-state index is -0.178. The Hall–Kier alpha value is -3.12. The summed E-state index contributed by atoms with van der Waals surface area (Å²) in [5.74, 6) is 0.483. The van der Waals surface area contributed by atoms with Gasteiger partial charge in [0, 0.05) is 17.8 Å². The van der Waals surface area contributed by atoms with Crippen molar-refractivity contribution >= 4 is 28.8 Å². The van der Waals surface area contributed by atoms with Crippen molar-refractivity contribution in [1.29, 1.82) is 0 Å². The number of ether oxygens (including phenoxy) is 1. The smallest absolute Gasteiger partial charge is 0.265 e. The van der Waals surface area contributed by atoms with E-state index in [4.69, 9.17) is 4.74 Å². The third kappa shape index (κ3) is 4.28. The van der Waals surface area contributed by atoms with Crippen LogP contribution in [0, 0.1) is 0 Å². The van der Waals surface area contributed by atoms with E-state index in [0.717, 1.165) is 29.0 Å². The van der Waals surface area contributed by atoms with Gasteiger partial charge in [-0.05, 0) is 66.0 Å². The third-order valence-corrected chi connectivity index (χ3v) is 7.15. The molecule has 0 saturated heterocycles. The summed E-state index contributed by atoms with van der Waals surface area (Å²) in [6.07, 6.45) is 4.95. The van der Waals surface area contributed by atoms with Crippen LogP contribution in [0.1, 0.15) is 46.9 Å². The van der Waals surface area contributed by atoms with Crippen LogP contribution in [0.3, 0.4) is 0 Å². The molecule has 3 aromatic rings. The highest BCUT2D eigenvalue weighted by Crippen LogP contribution is 2.32. The number of carbonyl (C=O) groups is 2. The van der Waals surface area contributed by atoms with Crippen LogP contribution in [-0.4, -0.2) is 25.0 Å². The van der Waals surface area contributed by atoms with Crippen LogP contribution in [0.4, 0.5) is 5.69 Å². The number of rotatable bonds is 6. The number of thiophene rings is 1. The van der Waals surface area contributed by atoms with Gasteiger partial charge in [0.15, 0.2) is 6.61 Å². The zero-order valence-corrected chi connectivity index (χ0v) is 18.7. The number of hydrogen-bond donors (Lipinski definition) is 1. The van der Waals surface area contributed by atoms with Crippen molar-refractivity contribution in [1.82, 2.24) is 5.32 Å². The lowest BCUT2D eigenvalue weighted by Gasteiger charge is -2.29. The first-order valence-corrected chi connectivity index (χ1v) is 12.0. The van der Waals surface area contributed by atoms with Crippen LogP contribution in [0.25, 0.3) is 0 Å². The summed E-state index contributed by atoms with van der Waals surface area (Å²) >= 11 is 1.65. The molecule has 0 bridgehead atoms. The monoisotopic (exact) mass is 446 g/mol. The average molecular weight is 447 g/mol. The molecular formula is C26H26N2O3S. The summed E-state index contributed by atoms with van der Waals surface area (Å²) in [6, 6.07) is 18.0. The van der Waals surface area contributed by atoms with Crippen LogP contribution in [0.5, 0.6) is 5.75 Å². The van der Waals surface area contributed by atoms with Crippen molar-refractivity contribution in [2.75, 3.05) is 18.1 Å². The lowest BCUT2D eigenvalue weighted by atomic mass is 9.89. The summed E-state index contributed by atoms with van der Waals surface area (Å²) in [5, 5.41) is 5.26. The summed E-state index contributed by atoms with van der Waals surface area (Å²) in [7, 11) is 0. The Balaban J connectivity index is 1.32. The van der Waals surface area contributed by atoms with E-state index >= 15 is 0 Å². The highest BCUT2D eigenvalue weighted by atomic mass is 32.1. The number of para-hydroxylation sites is 2. The largest absolute Gasteiger partial charge is 0.482 e. The molecule has 0 spiro atoms. The van der Waals surface area contributed by atoms with Gasteiger partial charge in [-0.15, -0.1) is 11.3 Å². The molecule has 0 saturated carbocycles. The number of hydrogen-bond acceptors (Lipinski definition) is 4. The van der Waals surface area contributed by atoms with Gasteiger partial charge in [-0.3, -0.25) is 9.59 Å². The zero-order valence-electron chi connectivity index (χ0n) is 17.9. The Labute approximate surface area is 192 Å². The molecule has 5 nitrogen and oxygen atoms in total. The molecule has 6 heteroatoms. The third-order valence-electron chi connectivity index (χ3n) is 6.21. The SMILES string of the molecule is O=C(CCN1C(=O)COc2ccccc21)N[C@H](c1ccc2c(c1)CCCC2)c1cccs1. The summed E-state index contributed by atoms with van der Waals surface area (Å²) in [6.45, 7) is 0.331. The van der Waals surface area contributed by atoms with Crippen molar-refractivity contribution in [3.05, 3.63) is 81.5 Å². The number of anilines is 1. The number of nitrogens with zero attached hydrogens (tertiary/aromatic N) is 1. The van der Waals surface area contributed by atoms with E-state index in [9.17, 15) is 9.59 Å². The van der Waals surface area contributed by atoms with Crippen LogP contribution in [-0.2, 0) is 22.4 Å². The van der Waals surface area contributed by atoms with Gasteiger partial charge < -0.3 is 15.0 Å². The van der Waals surface area contributed by atoms with Gasteiger partial charge in [0.2, 0.25) is 5.91 Å². The van der Waals surface area contributed by atoms with Gasteiger partial charge in [-0.1, -0.05) is 36.4 Å². The van der Waals surface area contributed by atoms with Crippen molar-refractivity contribution in [2.24, 2.45) is 0 Å². The molecule has 1 aromatic heterocycles. The standard InChI is InChI=1S/C26H26N2O3S/c29-24(13-14-28-21-8-3-4-9-22(21)31-17-25(28)30)27-26(23-10-5-15-32-23)20-12-11-18-6-1-2-7-19(18)16-20/h3-5,8-12,15-16,26H,1-2,6-7,13-14,17H2,(H,27,29)/t26-/m1/s1. The highest BCUT2D eigenvalue weighted by molar-refractivity contribution is 7.10. The van der Waals surface area contributed by atoms with Gasteiger partial charge >= 0.3 is 0 Å². The van der Waals surface area contributed by atoms with Gasteiger partial charge in [0.05, 0.1) is 11.7 Å². The summed E-state index contributed by atoms with van der Waals surface area (Å²) < 4.78 is 5.50. The van der Waals surface area contributed by atoms with Crippen molar-refractivity contribution < 1.29 is 14.3 Å². The topological polar surface area (TPSA) is 58.6 Å². The van der Waals surface area contributed by atoms with E-state index in [-0.39, 0.29) is 30.9 Å². The number of amides is 2. The lowest BCUT2D eigenvalue weighted by molar-refractivity contribution is -0.122. The molecule has 2 aliphatic rings. The second kappa shape index (κ2) is 9.17. The molecule has 2 amide bonds. The first-order valence-electron chi connectivity index (χ1n) is 11.2. The van der Waals surface area contributed by atoms with E-state index in [0.29, 0.717) is 12.3 Å². The molecular weight excluding hydrogens is 420 g/mol. The molecule has 1 aliphatic heterocycles. The quantitative estimate of drug-likeness (QED) is 0.600. The molecule has 1 N–H and O–H groups in total. The summed E-state index contributed by atoms with van der Waals surface area (Å²) in [4.78, 5) is 28.2. The first-order chi connectivity index (χ1) is 15.7. The Morgan fingerprint density at radius 3 is 2.75 bits per heavy atom. The minimum absolute atomic E-state index is 0.00553. The van der Waals surface area contributed by atoms with E-state index in [2.05, 4.69) is 29.6 Å². The maximum atomic E-state index is 13.0. The Morgan fingerprint density at radius 1 is 1.06 bits per heavy atom. The molecule has 0 unspecified atom stereocenters. The molecule has 1 atom stereocenters. The fourth-order valence-electron chi connectivity index (χ4n) is 4.55. The molecule has 2 aromatic carbocycles. The van der Waals surface area contributed by atoms with Crippen molar-refractivity contribution in [3.8, 4) is 5.75 Å². The van der Waals surface area contributed by atoms with E-state index < -0.39 is 0 Å². The second-order valence-corrected chi connectivity index (χ2v) is 9.28. The molecule has 5 rings (SSSR count). The van der Waals surface area contributed by atoms with Crippen LogP contribution < -0.4 is 15.0 Å². The van der Waals surface area contributed by atoms with E-state index in [1.807, 2.05) is 35.7 Å². The maximum absolute atomic E-state index is 13.0. The van der Waals surface area contributed by atoms with Gasteiger partial charge in [-0.2, -0.15) is 0 Å². The fourth-order valence-corrected chi connectivity index (χ4v) is 5.36. The van der Waals surface area contributed by atoms with Crippen LogP contribution in [0.15, 0.2) is 60.0 Å². The number of benzene rings is 2. The number of fused-ring (bicyclic) bond motifs is 2. The first kappa shape index (κ1) is 20.8. The molecule has 32 heavy (non-hydrogen) atoms.